The summed E-state index contributed by atoms with van der Waals surface area (Å²) >= 11 is 6.25. The minimum Gasteiger partial charge on any atom is -0.370 e. The zero-order chi connectivity index (χ0) is 14.1. The highest BCUT2D eigenvalue weighted by Gasteiger charge is 2.26. The summed E-state index contributed by atoms with van der Waals surface area (Å²) in [7, 11) is 1.98. The Kier molecular flexibility index (Phi) is 3.63. The van der Waals surface area contributed by atoms with Crippen molar-refractivity contribution in [3.63, 3.8) is 0 Å². The van der Waals surface area contributed by atoms with Crippen LogP contribution < -0.4 is 4.90 Å². The highest BCUT2D eigenvalue weighted by Crippen LogP contribution is 2.29. The molecule has 1 aromatic heterocycles. The molecule has 1 aromatic carbocycles. The van der Waals surface area contributed by atoms with E-state index in [9.17, 15) is 0 Å². The Balaban J connectivity index is 1.84. The maximum Gasteiger partial charge on any atom is 0.227 e. The van der Waals surface area contributed by atoms with Crippen molar-refractivity contribution in [3.8, 4) is 0 Å². The van der Waals surface area contributed by atoms with Crippen molar-refractivity contribution in [1.29, 1.82) is 0 Å². The van der Waals surface area contributed by atoms with Crippen LogP contribution in [0.1, 0.15) is 17.5 Å². The van der Waals surface area contributed by atoms with E-state index in [0.29, 0.717) is 6.61 Å². The second-order valence-corrected chi connectivity index (χ2v) is 5.34. The normalized spacial score (nSPS) is 19.4. The molecule has 0 N–H and O–H groups in total. The zero-order valence-electron chi connectivity index (χ0n) is 11.6. The van der Waals surface area contributed by atoms with Crippen molar-refractivity contribution in [2.75, 3.05) is 24.6 Å². The molecule has 106 valence electrons. The quantitative estimate of drug-likeness (QED) is 0.852. The molecule has 0 amide bonds. The topological polar surface area (TPSA) is 43.2 Å². The van der Waals surface area contributed by atoms with Crippen LogP contribution in [0.25, 0.3) is 0 Å². The van der Waals surface area contributed by atoms with Crippen LogP contribution in [0.15, 0.2) is 24.3 Å². The molecule has 0 spiro atoms. The molecular weight excluding hydrogens is 276 g/mol. The first-order chi connectivity index (χ1) is 9.66. The molecule has 1 aliphatic rings. The Labute approximate surface area is 123 Å². The number of rotatable bonds is 2. The predicted octanol–water partition coefficient (Wildman–Crippen LogP) is 2.35. The van der Waals surface area contributed by atoms with Gasteiger partial charge in [-0.2, -0.15) is 0 Å². The average molecular weight is 293 g/mol. The van der Waals surface area contributed by atoms with Crippen molar-refractivity contribution >= 4 is 17.5 Å². The molecule has 0 radical (unpaired) electrons. The first kappa shape index (κ1) is 13.4. The molecule has 20 heavy (non-hydrogen) atoms. The van der Waals surface area contributed by atoms with Crippen LogP contribution >= 0.6 is 11.6 Å². The Bertz CT molecular complexity index is 613. The third-order valence-corrected chi connectivity index (χ3v) is 4.02. The van der Waals surface area contributed by atoms with Gasteiger partial charge < -0.3 is 14.2 Å². The minimum absolute atomic E-state index is 0.0329. The van der Waals surface area contributed by atoms with Gasteiger partial charge in [0.15, 0.2) is 0 Å². The van der Waals surface area contributed by atoms with E-state index in [0.717, 1.165) is 35.4 Å². The molecule has 1 aliphatic heterocycles. The van der Waals surface area contributed by atoms with E-state index in [1.165, 1.54) is 0 Å². The molecule has 3 rings (SSSR count). The molecular formula is C14H17ClN4O. The van der Waals surface area contributed by atoms with Crippen molar-refractivity contribution in [2.45, 2.75) is 13.0 Å². The van der Waals surface area contributed by atoms with E-state index < -0.39 is 0 Å². The van der Waals surface area contributed by atoms with Gasteiger partial charge in [0, 0.05) is 24.2 Å². The first-order valence-corrected chi connectivity index (χ1v) is 7.01. The lowest BCUT2D eigenvalue weighted by molar-refractivity contribution is 0.0391. The lowest BCUT2D eigenvalue weighted by atomic mass is 10.1. The van der Waals surface area contributed by atoms with Crippen LogP contribution in [-0.2, 0) is 11.8 Å². The van der Waals surface area contributed by atoms with E-state index in [2.05, 4.69) is 15.1 Å². The lowest BCUT2D eigenvalue weighted by Gasteiger charge is -2.33. The van der Waals surface area contributed by atoms with Gasteiger partial charge in [0.2, 0.25) is 5.95 Å². The van der Waals surface area contributed by atoms with Crippen molar-refractivity contribution in [3.05, 3.63) is 40.7 Å². The molecule has 1 fully saturated rings. The monoisotopic (exact) mass is 292 g/mol. The maximum atomic E-state index is 6.25. The van der Waals surface area contributed by atoms with Crippen LogP contribution in [-0.4, -0.2) is 34.5 Å². The average Bonchev–Trinajstić information content (AvgIpc) is 2.80. The number of hydrogen-bond donors (Lipinski definition) is 0. The second kappa shape index (κ2) is 5.42. The molecule has 5 nitrogen and oxygen atoms in total. The van der Waals surface area contributed by atoms with Crippen molar-refractivity contribution in [2.24, 2.45) is 7.05 Å². The van der Waals surface area contributed by atoms with Gasteiger partial charge in [-0.3, -0.25) is 0 Å². The van der Waals surface area contributed by atoms with Gasteiger partial charge in [-0.15, -0.1) is 10.2 Å². The largest absolute Gasteiger partial charge is 0.370 e. The number of ether oxygens (including phenoxy) is 1. The standard InChI is InChI=1S/C14H17ClN4O/c1-10-16-17-14(18(10)2)19-7-8-20-13(9-19)11-5-3-4-6-12(11)15/h3-6,13H,7-9H2,1-2H3. The minimum atomic E-state index is -0.0329. The van der Waals surface area contributed by atoms with Crippen LogP contribution in [0.2, 0.25) is 5.02 Å². The van der Waals surface area contributed by atoms with E-state index in [4.69, 9.17) is 16.3 Å². The summed E-state index contributed by atoms with van der Waals surface area (Å²) < 4.78 is 7.85. The maximum absolute atomic E-state index is 6.25. The van der Waals surface area contributed by atoms with Gasteiger partial charge in [0.05, 0.1) is 13.2 Å². The lowest BCUT2D eigenvalue weighted by Crippen LogP contribution is -2.39. The fourth-order valence-corrected chi connectivity index (χ4v) is 2.68. The molecule has 1 atom stereocenters. The molecule has 0 saturated carbocycles. The number of morpholine rings is 1. The predicted molar refractivity (Wildman–Crippen MR) is 78.1 cm³/mol. The Morgan fingerprint density at radius 2 is 2.10 bits per heavy atom. The van der Waals surface area contributed by atoms with E-state index in [1.807, 2.05) is 42.8 Å². The fourth-order valence-electron chi connectivity index (χ4n) is 2.43. The molecule has 2 aromatic rings. The Hall–Kier alpha value is -1.59. The number of anilines is 1. The summed E-state index contributed by atoms with van der Waals surface area (Å²) in [5.74, 6) is 1.78. The van der Waals surface area contributed by atoms with Crippen LogP contribution in [0.3, 0.4) is 0 Å². The van der Waals surface area contributed by atoms with E-state index >= 15 is 0 Å². The number of aromatic nitrogens is 3. The van der Waals surface area contributed by atoms with Crippen LogP contribution in [0, 0.1) is 6.92 Å². The van der Waals surface area contributed by atoms with Crippen LogP contribution in [0.4, 0.5) is 5.95 Å². The van der Waals surface area contributed by atoms with Crippen molar-refractivity contribution in [1.82, 2.24) is 14.8 Å². The third-order valence-electron chi connectivity index (χ3n) is 3.67. The molecule has 0 aliphatic carbocycles. The van der Waals surface area contributed by atoms with Gasteiger partial charge in [0.25, 0.3) is 0 Å². The number of hydrogen-bond acceptors (Lipinski definition) is 4. The number of benzene rings is 1. The Morgan fingerprint density at radius 1 is 1.30 bits per heavy atom. The fraction of sp³-hybridized carbons (Fsp3) is 0.429. The summed E-state index contributed by atoms with van der Waals surface area (Å²) in [5.41, 5.74) is 1.03. The van der Waals surface area contributed by atoms with E-state index in [1.54, 1.807) is 0 Å². The summed E-state index contributed by atoms with van der Waals surface area (Å²) in [5, 5.41) is 9.09. The molecule has 6 heteroatoms. The summed E-state index contributed by atoms with van der Waals surface area (Å²) in [4.78, 5) is 2.19. The smallest absolute Gasteiger partial charge is 0.227 e. The Morgan fingerprint density at radius 3 is 2.80 bits per heavy atom. The van der Waals surface area contributed by atoms with Crippen molar-refractivity contribution < 1.29 is 4.74 Å². The zero-order valence-corrected chi connectivity index (χ0v) is 12.3. The molecule has 0 bridgehead atoms. The first-order valence-electron chi connectivity index (χ1n) is 6.64. The SMILES string of the molecule is Cc1nnc(N2CCOC(c3ccccc3Cl)C2)n1C. The van der Waals surface area contributed by atoms with Gasteiger partial charge in [-0.1, -0.05) is 29.8 Å². The number of halogens is 1. The third kappa shape index (κ3) is 2.39. The molecule has 2 heterocycles. The summed E-state index contributed by atoms with van der Waals surface area (Å²) in [6, 6.07) is 7.82. The second-order valence-electron chi connectivity index (χ2n) is 4.93. The van der Waals surface area contributed by atoms with Gasteiger partial charge >= 0.3 is 0 Å². The van der Waals surface area contributed by atoms with Gasteiger partial charge in [-0.25, -0.2) is 0 Å². The number of nitrogens with zero attached hydrogens (tertiary/aromatic N) is 4. The summed E-state index contributed by atoms with van der Waals surface area (Å²) in [6.45, 7) is 4.15. The highest BCUT2D eigenvalue weighted by atomic mass is 35.5. The highest BCUT2D eigenvalue weighted by molar-refractivity contribution is 6.31. The number of aryl methyl sites for hydroxylation is 1. The van der Waals surface area contributed by atoms with Gasteiger partial charge in [0.1, 0.15) is 11.9 Å². The summed E-state index contributed by atoms with van der Waals surface area (Å²) in [6.07, 6.45) is -0.0329. The molecule has 1 saturated heterocycles. The van der Waals surface area contributed by atoms with E-state index in [-0.39, 0.29) is 6.10 Å². The molecule has 1 unspecified atom stereocenters. The van der Waals surface area contributed by atoms with Gasteiger partial charge in [-0.05, 0) is 13.0 Å². The van der Waals surface area contributed by atoms with Crippen LogP contribution in [0.5, 0.6) is 0 Å².